The Morgan fingerprint density at radius 3 is 2.71 bits per heavy atom. The fourth-order valence-corrected chi connectivity index (χ4v) is 2.45. The molecular formula is C18H30N4O2. The second-order valence-corrected chi connectivity index (χ2v) is 6.96. The maximum Gasteiger partial charge on any atom is 0.231 e. The fraction of sp³-hybridized carbons (Fsp3) is 0.611. The normalized spacial score (nSPS) is 14.0. The highest BCUT2D eigenvalue weighted by molar-refractivity contribution is 5.79. The van der Waals surface area contributed by atoms with Crippen LogP contribution in [0.25, 0.3) is 0 Å². The van der Waals surface area contributed by atoms with Gasteiger partial charge in [-0.15, -0.1) is 0 Å². The van der Waals surface area contributed by atoms with Gasteiger partial charge in [-0.25, -0.2) is 0 Å². The van der Waals surface area contributed by atoms with E-state index >= 15 is 0 Å². The molecule has 2 N–H and O–H groups in total. The van der Waals surface area contributed by atoms with E-state index in [0.717, 1.165) is 43.6 Å². The molecule has 0 spiro atoms. The average Bonchev–Trinajstić information content (AvgIpc) is 2.97. The van der Waals surface area contributed by atoms with Gasteiger partial charge >= 0.3 is 0 Å². The van der Waals surface area contributed by atoms with Gasteiger partial charge in [0.25, 0.3) is 0 Å². The Bertz CT molecular complexity index is 567. The second kappa shape index (κ2) is 8.24. The quantitative estimate of drug-likeness (QED) is 0.474. The molecule has 6 nitrogen and oxygen atoms in total. The van der Waals surface area contributed by atoms with Gasteiger partial charge in [-0.2, -0.15) is 0 Å². The molecular weight excluding hydrogens is 304 g/mol. The minimum Gasteiger partial charge on any atom is -0.454 e. The average molecular weight is 334 g/mol. The summed E-state index contributed by atoms with van der Waals surface area (Å²) in [5, 5.41) is 6.80. The van der Waals surface area contributed by atoms with Crippen molar-refractivity contribution in [3.63, 3.8) is 0 Å². The number of aliphatic imine (C=N–C) groups is 1. The summed E-state index contributed by atoms with van der Waals surface area (Å²) >= 11 is 0. The van der Waals surface area contributed by atoms with Gasteiger partial charge in [0.2, 0.25) is 6.79 Å². The Labute approximate surface area is 145 Å². The number of hydrogen-bond donors (Lipinski definition) is 2. The molecule has 1 heterocycles. The van der Waals surface area contributed by atoms with E-state index in [4.69, 9.17) is 14.5 Å². The monoisotopic (exact) mass is 334 g/mol. The number of hydrogen-bond acceptors (Lipinski definition) is 4. The van der Waals surface area contributed by atoms with Crippen LogP contribution >= 0.6 is 0 Å². The van der Waals surface area contributed by atoms with Gasteiger partial charge in [-0.1, -0.05) is 6.07 Å². The van der Waals surface area contributed by atoms with Crippen molar-refractivity contribution in [1.82, 2.24) is 15.5 Å². The van der Waals surface area contributed by atoms with Crippen molar-refractivity contribution in [3.05, 3.63) is 23.8 Å². The van der Waals surface area contributed by atoms with Gasteiger partial charge in [-0.3, -0.25) is 4.99 Å². The van der Waals surface area contributed by atoms with Crippen LogP contribution in [0.1, 0.15) is 33.3 Å². The molecule has 0 saturated carbocycles. The number of rotatable bonds is 6. The minimum absolute atomic E-state index is 0.117. The van der Waals surface area contributed by atoms with Crippen LogP contribution in [-0.4, -0.2) is 49.9 Å². The number of nitrogens with zero attached hydrogens (tertiary/aromatic N) is 2. The Balaban J connectivity index is 1.94. The zero-order chi connectivity index (χ0) is 17.6. The highest BCUT2D eigenvalue weighted by Gasteiger charge is 2.15. The van der Waals surface area contributed by atoms with Crippen LogP contribution in [0.5, 0.6) is 11.5 Å². The minimum atomic E-state index is 0.117. The summed E-state index contributed by atoms with van der Waals surface area (Å²) in [7, 11) is 2.04. The third-order valence-corrected chi connectivity index (χ3v) is 3.58. The van der Waals surface area contributed by atoms with Crippen LogP contribution in [0, 0.1) is 0 Å². The second-order valence-electron chi connectivity index (χ2n) is 6.96. The van der Waals surface area contributed by atoms with Gasteiger partial charge in [0, 0.05) is 32.2 Å². The van der Waals surface area contributed by atoms with Crippen molar-refractivity contribution in [1.29, 1.82) is 0 Å². The summed E-state index contributed by atoms with van der Waals surface area (Å²) in [6.45, 7) is 12.1. The third-order valence-electron chi connectivity index (χ3n) is 3.58. The summed E-state index contributed by atoms with van der Waals surface area (Å²) in [5.74, 6) is 2.54. The third kappa shape index (κ3) is 5.60. The van der Waals surface area contributed by atoms with E-state index in [1.807, 2.05) is 19.2 Å². The van der Waals surface area contributed by atoms with E-state index in [1.54, 1.807) is 0 Å². The Kier molecular flexibility index (Phi) is 6.31. The first-order chi connectivity index (χ1) is 11.4. The molecule has 0 aromatic heterocycles. The largest absolute Gasteiger partial charge is 0.454 e. The number of ether oxygens (including phenoxy) is 2. The first-order valence-corrected chi connectivity index (χ1v) is 8.52. The van der Waals surface area contributed by atoms with Crippen LogP contribution < -0.4 is 20.1 Å². The predicted octanol–water partition coefficient (Wildman–Crippen LogP) is 2.20. The van der Waals surface area contributed by atoms with Crippen LogP contribution in [0.15, 0.2) is 23.2 Å². The standard InChI is InChI=1S/C18H30N4O2/c1-6-19-17(20-9-10-21-18(2,3)4)22(5)12-14-7-8-15-16(11-14)24-13-23-15/h7-8,11,21H,6,9-10,12-13H2,1-5H3,(H,19,20). The molecule has 1 aromatic rings. The van der Waals surface area contributed by atoms with Crippen molar-refractivity contribution < 1.29 is 9.47 Å². The molecule has 0 unspecified atom stereocenters. The summed E-state index contributed by atoms with van der Waals surface area (Å²) < 4.78 is 10.8. The van der Waals surface area contributed by atoms with Gasteiger partial charge in [0.15, 0.2) is 17.5 Å². The lowest BCUT2D eigenvalue weighted by Crippen LogP contribution is -2.40. The Morgan fingerprint density at radius 1 is 1.25 bits per heavy atom. The Hall–Kier alpha value is -1.95. The van der Waals surface area contributed by atoms with Crippen LogP contribution in [0.4, 0.5) is 0 Å². The molecule has 1 aliphatic rings. The zero-order valence-corrected chi connectivity index (χ0v) is 15.5. The molecule has 0 amide bonds. The zero-order valence-electron chi connectivity index (χ0n) is 15.5. The van der Waals surface area contributed by atoms with Gasteiger partial charge in [0.1, 0.15) is 0 Å². The molecule has 0 aliphatic carbocycles. The molecule has 24 heavy (non-hydrogen) atoms. The summed E-state index contributed by atoms with van der Waals surface area (Å²) in [6, 6.07) is 6.06. The lowest BCUT2D eigenvalue weighted by molar-refractivity contribution is 0.174. The van der Waals surface area contributed by atoms with Gasteiger partial charge in [0.05, 0.1) is 6.54 Å². The first-order valence-electron chi connectivity index (χ1n) is 8.52. The van der Waals surface area contributed by atoms with E-state index in [1.165, 1.54) is 5.56 Å². The highest BCUT2D eigenvalue weighted by atomic mass is 16.7. The predicted molar refractivity (Wildman–Crippen MR) is 97.8 cm³/mol. The van der Waals surface area contributed by atoms with Crippen molar-refractivity contribution in [2.45, 2.75) is 39.8 Å². The molecule has 134 valence electrons. The summed E-state index contributed by atoms with van der Waals surface area (Å²) in [6.07, 6.45) is 0. The van der Waals surface area contributed by atoms with Crippen LogP contribution in [0.2, 0.25) is 0 Å². The number of benzene rings is 1. The molecule has 1 aromatic carbocycles. The summed E-state index contributed by atoms with van der Waals surface area (Å²) in [4.78, 5) is 6.82. The van der Waals surface area contributed by atoms with Crippen molar-refractivity contribution in [2.75, 3.05) is 33.5 Å². The number of nitrogens with one attached hydrogen (secondary N) is 2. The molecule has 0 fully saturated rings. The van der Waals surface area contributed by atoms with E-state index in [0.29, 0.717) is 6.79 Å². The maximum atomic E-state index is 5.45. The van der Waals surface area contributed by atoms with E-state index < -0.39 is 0 Å². The fourth-order valence-electron chi connectivity index (χ4n) is 2.45. The van der Waals surface area contributed by atoms with Crippen molar-refractivity contribution >= 4 is 5.96 Å². The number of guanidine groups is 1. The molecule has 0 bridgehead atoms. The maximum absolute atomic E-state index is 5.45. The van der Waals surface area contributed by atoms with Crippen molar-refractivity contribution in [2.24, 2.45) is 4.99 Å². The molecule has 6 heteroatoms. The molecule has 1 aliphatic heterocycles. The first kappa shape index (κ1) is 18.4. The van der Waals surface area contributed by atoms with E-state index in [2.05, 4.69) is 49.3 Å². The smallest absolute Gasteiger partial charge is 0.231 e. The van der Waals surface area contributed by atoms with E-state index in [9.17, 15) is 0 Å². The SMILES string of the molecule is CCNC(=NCCNC(C)(C)C)N(C)Cc1ccc2c(c1)OCO2. The van der Waals surface area contributed by atoms with Crippen molar-refractivity contribution in [3.8, 4) is 11.5 Å². The lowest BCUT2D eigenvalue weighted by atomic mass is 10.1. The van der Waals surface area contributed by atoms with E-state index in [-0.39, 0.29) is 5.54 Å². The molecule has 0 saturated heterocycles. The Morgan fingerprint density at radius 2 is 2.00 bits per heavy atom. The lowest BCUT2D eigenvalue weighted by Gasteiger charge is -2.23. The van der Waals surface area contributed by atoms with Gasteiger partial charge < -0.3 is 25.0 Å². The van der Waals surface area contributed by atoms with Gasteiger partial charge in [-0.05, 0) is 45.4 Å². The molecule has 0 radical (unpaired) electrons. The molecule has 2 rings (SSSR count). The van der Waals surface area contributed by atoms with Crippen LogP contribution in [-0.2, 0) is 6.54 Å². The number of fused-ring (bicyclic) bond motifs is 1. The summed E-state index contributed by atoms with van der Waals surface area (Å²) in [5.41, 5.74) is 1.28. The molecule has 0 atom stereocenters. The topological polar surface area (TPSA) is 58.1 Å². The highest BCUT2D eigenvalue weighted by Crippen LogP contribution is 2.32. The van der Waals surface area contributed by atoms with Crippen LogP contribution in [0.3, 0.4) is 0 Å².